The number of aromatic nitrogens is 1. The Labute approximate surface area is 137 Å². The lowest BCUT2D eigenvalue weighted by atomic mass is 10.2. The van der Waals surface area contributed by atoms with Crippen LogP contribution in [0.3, 0.4) is 0 Å². The number of benzene rings is 2. The normalized spacial score (nSPS) is 10.7. The first-order valence-corrected chi connectivity index (χ1v) is 7.36. The number of hydrogen-bond acceptors (Lipinski definition) is 4. The first-order chi connectivity index (χ1) is 10.7. The van der Waals surface area contributed by atoms with Gasteiger partial charge in [-0.3, -0.25) is 0 Å². The highest BCUT2D eigenvalue weighted by Gasteiger charge is 2.06. The molecule has 3 aromatic rings. The van der Waals surface area contributed by atoms with Crippen molar-refractivity contribution in [2.24, 2.45) is 5.84 Å². The zero-order valence-electron chi connectivity index (χ0n) is 11.5. The van der Waals surface area contributed by atoms with Crippen molar-refractivity contribution in [1.82, 2.24) is 4.98 Å². The molecule has 1 aromatic heterocycles. The predicted molar refractivity (Wildman–Crippen MR) is 90.3 cm³/mol. The molecule has 0 aliphatic rings. The molecule has 0 fully saturated rings. The van der Waals surface area contributed by atoms with Crippen LogP contribution in [0.2, 0.25) is 10.0 Å². The molecule has 3 N–H and O–H groups in total. The van der Waals surface area contributed by atoms with Crippen LogP contribution in [-0.4, -0.2) is 4.98 Å². The molecule has 0 aliphatic heterocycles. The Bertz CT molecular complexity index is 824. The zero-order chi connectivity index (χ0) is 15.5. The third-order valence-corrected chi connectivity index (χ3v) is 3.95. The summed E-state index contributed by atoms with van der Waals surface area (Å²) in [6.07, 6.45) is 0. The highest BCUT2D eigenvalue weighted by molar-refractivity contribution is 6.42. The van der Waals surface area contributed by atoms with Crippen LogP contribution < -0.4 is 16.0 Å². The van der Waals surface area contributed by atoms with Gasteiger partial charge in [0.05, 0.1) is 10.0 Å². The van der Waals surface area contributed by atoms with Crippen molar-refractivity contribution >= 4 is 39.9 Å². The number of hydrazine groups is 1. The second-order valence-electron chi connectivity index (χ2n) is 4.71. The fourth-order valence-electron chi connectivity index (χ4n) is 2.11. The topological polar surface area (TPSA) is 60.2 Å². The molecule has 2 aromatic carbocycles. The van der Waals surface area contributed by atoms with Crippen LogP contribution in [0, 0.1) is 0 Å². The summed E-state index contributed by atoms with van der Waals surface area (Å²) < 4.78 is 5.87. The molecule has 0 saturated carbocycles. The zero-order valence-corrected chi connectivity index (χ0v) is 13.0. The molecule has 0 atom stereocenters. The standard InChI is InChI=1S/C16H13Cl2N3O/c17-12-6-4-10(8-13(12)18)9-22-14-3-1-2-11-5-7-15(21-19)20-16(11)14/h1-8H,9,19H2,(H,20,21). The lowest BCUT2D eigenvalue weighted by molar-refractivity contribution is 0.309. The number of ether oxygens (including phenoxy) is 1. The summed E-state index contributed by atoms with van der Waals surface area (Å²) in [6.45, 7) is 0.373. The summed E-state index contributed by atoms with van der Waals surface area (Å²) in [5, 5.41) is 2.01. The highest BCUT2D eigenvalue weighted by atomic mass is 35.5. The number of anilines is 1. The Morgan fingerprint density at radius 2 is 1.91 bits per heavy atom. The molecule has 22 heavy (non-hydrogen) atoms. The molecule has 0 radical (unpaired) electrons. The second kappa shape index (κ2) is 6.40. The molecular formula is C16H13Cl2N3O. The van der Waals surface area contributed by atoms with Crippen molar-refractivity contribution < 1.29 is 4.74 Å². The molecule has 1 heterocycles. The van der Waals surface area contributed by atoms with Crippen molar-refractivity contribution in [2.75, 3.05) is 5.43 Å². The van der Waals surface area contributed by atoms with Crippen LogP contribution >= 0.6 is 23.2 Å². The fraction of sp³-hybridized carbons (Fsp3) is 0.0625. The van der Waals surface area contributed by atoms with E-state index in [1.807, 2.05) is 36.4 Å². The Hall–Kier alpha value is -2.01. The molecule has 0 unspecified atom stereocenters. The number of halogens is 2. The number of pyridine rings is 1. The maximum absolute atomic E-state index is 6.01. The van der Waals surface area contributed by atoms with E-state index >= 15 is 0 Å². The minimum absolute atomic E-state index is 0.373. The van der Waals surface area contributed by atoms with E-state index in [2.05, 4.69) is 10.4 Å². The molecule has 0 spiro atoms. The van der Waals surface area contributed by atoms with Gasteiger partial charge in [0, 0.05) is 5.39 Å². The lowest BCUT2D eigenvalue weighted by Crippen LogP contribution is -2.08. The van der Waals surface area contributed by atoms with Gasteiger partial charge in [-0.25, -0.2) is 10.8 Å². The van der Waals surface area contributed by atoms with Gasteiger partial charge in [-0.2, -0.15) is 0 Å². The smallest absolute Gasteiger partial charge is 0.146 e. The van der Waals surface area contributed by atoms with Crippen LogP contribution in [0.25, 0.3) is 10.9 Å². The van der Waals surface area contributed by atoms with Gasteiger partial charge in [-0.15, -0.1) is 0 Å². The van der Waals surface area contributed by atoms with Crippen LogP contribution in [0.1, 0.15) is 5.56 Å². The van der Waals surface area contributed by atoms with Gasteiger partial charge in [0.15, 0.2) is 0 Å². The van der Waals surface area contributed by atoms with Gasteiger partial charge in [-0.1, -0.05) is 41.4 Å². The fourth-order valence-corrected chi connectivity index (χ4v) is 2.43. The summed E-state index contributed by atoms with van der Waals surface area (Å²) in [6, 6.07) is 14.9. The first kappa shape index (κ1) is 14.9. The van der Waals surface area contributed by atoms with Gasteiger partial charge in [0.1, 0.15) is 23.7 Å². The number of fused-ring (bicyclic) bond motifs is 1. The number of para-hydroxylation sites is 1. The summed E-state index contributed by atoms with van der Waals surface area (Å²) in [7, 11) is 0. The summed E-state index contributed by atoms with van der Waals surface area (Å²) in [5.41, 5.74) is 4.21. The Morgan fingerprint density at radius 1 is 1.05 bits per heavy atom. The van der Waals surface area contributed by atoms with Gasteiger partial charge in [0.25, 0.3) is 0 Å². The van der Waals surface area contributed by atoms with Crippen LogP contribution in [0.15, 0.2) is 48.5 Å². The van der Waals surface area contributed by atoms with Crippen molar-refractivity contribution in [3.05, 3.63) is 64.1 Å². The van der Waals surface area contributed by atoms with Gasteiger partial charge >= 0.3 is 0 Å². The molecule has 0 bridgehead atoms. The number of nitrogens with two attached hydrogens (primary N) is 1. The third kappa shape index (κ3) is 3.09. The van der Waals surface area contributed by atoms with E-state index in [0.717, 1.165) is 16.5 Å². The maximum Gasteiger partial charge on any atom is 0.146 e. The number of rotatable bonds is 4. The van der Waals surface area contributed by atoms with E-state index in [1.54, 1.807) is 12.1 Å². The van der Waals surface area contributed by atoms with Gasteiger partial charge in [0.2, 0.25) is 0 Å². The second-order valence-corrected chi connectivity index (χ2v) is 5.52. The highest BCUT2D eigenvalue weighted by Crippen LogP contribution is 2.27. The number of nitrogens with one attached hydrogen (secondary N) is 1. The van der Waals surface area contributed by atoms with Crippen LogP contribution in [-0.2, 0) is 6.61 Å². The minimum atomic E-state index is 0.373. The summed E-state index contributed by atoms with van der Waals surface area (Å²) >= 11 is 11.9. The van der Waals surface area contributed by atoms with E-state index in [1.165, 1.54) is 0 Å². The van der Waals surface area contributed by atoms with Gasteiger partial charge in [-0.05, 0) is 35.9 Å². The Balaban J connectivity index is 1.88. The number of hydrogen-bond donors (Lipinski definition) is 2. The van der Waals surface area contributed by atoms with E-state index in [0.29, 0.717) is 28.2 Å². The summed E-state index contributed by atoms with van der Waals surface area (Å²) in [5.74, 6) is 6.67. The van der Waals surface area contributed by atoms with E-state index in [4.69, 9.17) is 33.8 Å². The van der Waals surface area contributed by atoms with Crippen LogP contribution in [0.5, 0.6) is 5.75 Å². The molecule has 0 amide bonds. The number of nitrogen functional groups attached to an aromatic ring is 1. The molecule has 0 aliphatic carbocycles. The summed E-state index contributed by atoms with van der Waals surface area (Å²) in [4.78, 5) is 4.43. The van der Waals surface area contributed by atoms with Crippen molar-refractivity contribution in [1.29, 1.82) is 0 Å². The lowest BCUT2D eigenvalue weighted by Gasteiger charge is -2.10. The van der Waals surface area contributed by atoms with E-state index in [-0.39, 0.29) is 0 Å². The SMILES string of the molecule is NNc1ccc2cccc(OCc3ccc(Cl)c(Cl)c3)c2n1. The molecule has 6 heteroatoms. The van der Waals surface area contributed by atoms with Crippen molar-refractivity contribution in [3.8, 4) is 5.75 Å². The minimum Gasteiger partial charge on any atom is -0.487 e. The third-order valence-electron chi connectivity index (χ3n) is 3.21. The Kier molecular flexibility index (Phi) is 4.34. The van der Waals surface area contributed by atoms with E-state index < -0.39 is 0 Å². The maximum atomic E-state index is 6.01. The molecule has 4 nitrogen and oxygen atoms in total. The van der Waals surface area contributed by atoms with Gasteiger partial charge < -0.3 is 10.2 Å². The molecule has 112 valence electrons. The van der Waals surface area contributed by atoms with Crippen molar-refractivity contribution in [3.63, 3.8) is 0 Å². The first-order valence-electron chi connectivity index (χ1n) is 6.60. The van der Waals surface area contributed by atoms with Crippen molar-refractivity contribution in [2.45, 2.75) is 6.61 Å². The largest absolute Gasteiger partial charge is 0.487 e. The van der Waals surface area contributed by atoms with E-state index in [9.17, 15) is 0 Å². The Morgan fingerprint density at radius 3 is 2.68 bits per heavy atom. The molecule has 3 rings (SSSR count). The monoisotopic (exact) mass is 333 g/mol. The van der Waals surface area contributed by atoms with Crippen LogP contribution in [0.4, 0.5) is 5.82 Å². The number of nitrogens with zero attached hydrogens (tertiary/aromatic N) is 1. The average Bonchev–Trinajstić information content (AvgIpc) is 2.55. The molecular weight excluding hydrogens is 321 g/mol. The average molecular weight is 334 g/mol. The quantitative estimate of drug-likeness (QED) is 0.548. The molecule has 0 saturated heterocycles. The predicted octanol–water partition coefficient (Wildman–Crippen LogP) is 4.41.